The van der Waals surface area contributed by atoms with Gasteiger partial charge in [-0.15, -0.1) is 24.0 Å². The fourth-order valence-electron chi connectivity index (χ4n) is 4.18. The monoisotopic (exact) mass is 502 g/mol. The van der Waals surface area contributed by atoms with Crippen molar-refractivity contribution >= 4 is 29.9 Å². The molecule has 7 heteroatoms. The van der Waals surface area contributed by atoms with Crippen LogP contribution in [0.4, 0.5) is 0 Å². The predicted molar refractivity (Wildman–Crippen MR) is 125 cm³/mol. The van der Waals surface area contributed by atoms with Crippen molar-refractivity contribution in [2.75, 3.05) is 53.0 Å². The van der Waals surface area contributed by atoms with Crippen LogP contribution in [-0.4, -0.2) is 63.9 Å². The summed E-state index contributed by atoms with van der Waals surface area (Å²) < 4.78 is 10.8. The maximum atomic E-state index is 6.14. The molecular weight excluding hydrogens is 467 g/mol. The Morgan fingerprint density at radius 1 is 1.29 bits per heavy atom. The van der Waals surface area contributed by atoms with E-state index in [1.54, 1.807) is 7.11 Å². The molecule has 0 bridgehead atoms. The molecule has 0 atom stereocenters. The molecule has 1 aliphatic heterocycles. The molecule has 2 aliphatic rings. The Morgan fingerprint density at radius 3 is 2.75 bits per heavy atom. The van der Waals surface area contributed by atoms with Crippen LogP contribution in [0, 0.1) is 0 Å². The van der Waals surface area contributed by atoms with Gasteiger partial charge in [0.15, 0.2) is 5.96 Å². The van der Waals surface area contributed by atoms with Crippen molar-refractivity contribution < 1.29 is 9.47 Å². The highest BCUT2D eigenvalue weighted by molar-refractivity contribution is 14.0. The lowest BCUT2D eigenvalue weighted by Crippen LogP contribution is -2.39. The Kier molecular flexibility index (Phi) is 9.81. The molecule has 0 unspecified atom stereocenters. The van der Waals surface area contributed by atoms with E-state index >= 15 is 0 Å². The summed E-state index contributed by atoms with van der Waals surface area (Å²) in [6.07, 6.45) is 5.89. The second kappa shape index (κ2) is 11.8. The Bertz CT molecular complexity index is 614. The largest absolute Gasteiger partial charge is 0.497 e. The standard InChI is InChI=1S/C21H34N4O2.HI/c1-26-19-7-4-6-18(16-19)21(8-2-3-9-21)17-24-20(22)23-10-5-11-25-12-14-27-15-13-25;/h4,6-7,16H,2-3,5,8-15,17H2,1H3,(H3,22,23,24);1H. The fraction of sp³-hybridized carbons (Fsp3) is 0.667. The molecule has 0 aromatic heterocycles. The first-order valence-corrected chi connectivity index (χ1v) is 10.2. The van der Waals surface area contributed by atoms with Gasteiger partial charge >= 0.3 is 0 Å². The van der Waals surface area contributed by atoms with Gasteiger partial charge in [0, 0.05) is 25.0 Å². The number of halogens is 1. The summed E-state index contributed by atoms with van der Waals surface area (Å²) in [5.74, 6) is 1.48. The van der Waals surface area contributed by atoms with Gasteiger partial charge in [-0.25, -0.2) is 0 Å². The molecule has 3 rings (SSSR count). The number of benzene rings is 1. The number of hydrogen-bond acceptors (Lipinski definition) is 4. The van der Waals surface area contributed by atoms with Gasteiger partial charge in [0.25, 0.3) is 0 Å². The van der Waals surface area contributed by atoms with Crippen LogP contribution in [0.3, 0.4) is 0 Å². The van der Waals surface area contributed by atoms with Gasteiger partial charge in [-0.2, -0.15) is 0 Å². The van der Waals surface area contributed by atoms with Crippen molar-refractivity contribution in [3.63, 3.8) is 0 Å². The number of rotatable bonds is 8. The minimum Gasteiger partial charge on any atom is -0.497 e. The summed E-state index contributed by atoms with van der Waals surface area (Å²) in [5.41, 5.74) is 7.56. The molecular formula is C21H35IN4O2. The molecule has 28 heavy (non-hydrogen) atoms. The van der Waals surface area contributed by atoms with Crippen LogP contribution in [0.2, 0.25) is 0 Å². The lowest BCUT2D eigenvalue weighted by Gasteiger charge is -2.28. The second-order valence-corrected chi connectivity index (χ2v) is 7.66. The SMILES string of the molecule is COc1cccc(C2(CN=C(N)NCCCN3CCOCC3)CCCC2)c1.I. The van der Waals surface area contributed by atoms with Crippen LogP contribution in [0.15, 0.2) is 29.3 Å². The fourth-order valence-corrected chi connectivity index (χ4v) is 4.18. The molecule has 0 amide bonds. The van der Waals surface area contributed by atoms with Gasteiger partial charge in [0.1, 0.15) is 5.75 Å². The highest BCUT2D eigenvalue weighted by Crippen LogP contribution is 2.42. The highest BCUT2D eigenvalue weighted by atomic mass is 127. The van der Waals surface area contributed by atoms with E-state index < -0.39 is 0 Å². The van der Waals surface area contributed by atoms with Crippen LogP contribution in [0.25, 0.3) is 0 Å². The first-order chi connectivity index (χ1) is 13.2. The van der Waals surface area contributed by atoms with E-state index in [-0.39, 0.29) is 29.4 Å². The van der Waals surface area contributed by atoms with E-state index in [9.17, 15) is 0 Å². The van der Waals surface area contributed by atoms with Crippen molar-refractivity contribution in [3.8, 4) is 5.75 Å². The first-order valence-electron chi connectivity index (χ1n) is 10.2. The van der Waals surface area contributed by atoms with Crippen molar-refractivity contribution in [3.05, 3.63) is 29.8 Å². The molecule has 0 spiro atoms. The smallest absolute Gasteiger partial charge is 0.188 e. The average Bonchev–Trinajstić information content (AvgIpc) is 3.21. The van der Waals surface area contributed by atoms with Crippen LogP contribution < -0.4 is 15.8 Å². The third-order valence-corrected chi connectivity index (χ3v) is 5.86. The number of hydrogen-bond donors (Lipinski definition) is 2. The number of nitrogens with one attached hydrogen (secondary N) is 1. The summed E-state index contributed by atoms with van der Waals surface area (Å²) in [6.45, 7) is 6.45. The second-order valence-electron chi connectivity index (χ2n) is 7.66. The maximum Gasteiger partial charge on any atom is 0.188 e. The van der Waals surface area contributed by atoms with Crippen molar-refractivity contribution in [2.24, 2.45) is 10.7 Å². The third-order valence-electron chi connectivity index (χ3n) is 5.86. The number of nitrogens with zero attached hydrogens (tertiary/aromatic N) is 2. The van der Waals surface area contributed by atoms with E-state index in [1.807, 2.05) is 6.07 Å². The molecule has 0 radical (unpaired) electrons. The Balaban J connectivity index is 0.00000280. The number of ether oxygens (including phenoxy) is 2. The topological polar surface area (TPSA) is 72.1 Å². The Hall–Kier alpha value is -1.06. The quantitative estimate of drug-likeness (QED) is 0.248. The van der Waals surface area contributed by atoms with E-state index in [1.165, 1.54) is 18.4 Å². The lowest BCUT2D eigenvalue weighted by molar-refractivity contribution is 0.0376. The van der Waals surface area contributed by atoms with Crippen LogP contribution in [0.5, 0.6) is 5.75 Å². The molecule has 6 nitrogen and oxygen atoms in total. The van der Waals surface area contributed by atoms with Crippen LogP contribution in [-0.2, 0) is 10.2 Å². The van der Waals surface area contributed by atoms with Crippen LogP contribution in [0.1, 0.15) is 37.7 Å². The van der Waals surface area contributed by atoms with Crippen molar-refractivity contribution in [2.45, 2.75) is 37.5 Å². The van der Waals surface area contributed by atoms with Crippen molar-refractivity contribution in [1.29, 1.82) is 0 Å². The van der Waals surface area contributed by atoms with E-state index in [2.05, 4.69) is 28.4 Å². The molecule has 1 aliphatic carbocycles. The minimum absolute atomic E-state index is 0. The summed E-state index contributed by atoms with van der Waals surface area (Å²) in [7, 11) is 1.72. The number of guanidine groups is 1. The summed E-state index contributed by atoms with van der Waals surface area (Å²) in [6, 6.07) is 8.44. The zero-order valence-corrected chi connectivity index (χ0v) is 19.3. The first kappa shape index (κ1) is 23.2. The van der Waals surface area contributed by atoms with E-state index in [0.29, 0.717) is 5.96 Å². The average molecular weight is 502 g/mol. The summed E-state index contributed by atoms with van der Waals surface area (Å²) >= 11 is 0. The van der Waals surface area contributed by atoms with Crippen molar-refractivity contribution in [1.82, 2.24) is 10.2 Å². The van der Waals surface area contributed by atoms with Gasteiger partial charge in [-0.3, -0.25) is 9.89 Å². The Labute approximate surface area is 186 Å². The lowest BCUT2D eigenvalue weighted by atomic mass is 9.79. The Morgan fingerprint density at radius 2 is 2.04 bits per heavy atom. The third kappa shape index (κ3) is 6.49. The molecule has 1 aromatic carbocycles. The van der Waals surface area contributed by atoms with Gasteiger partial charge in [-0.1, -0.05) is 25.0 Å². The highest BCUT2D eigenvalue weighted by Gasteiger charge is 2.35. The number of methoxy groups -OCH3 is 1. The predicted octanol–water partition coefficient (Wildman–Crippen LogP) is 2.75. The molecule has 3 N–H and O–H groups in total. The van der Waals surface area contributed by atoms with E-state index in [0.717, 1.165) is 70.9 Å². The number of nitrogens with two attached hydrogens (primary N) is 1. The number of aliphatic imine (C=N–C) groups is 1. The number of morpholine rings is 1. The van der Waals surface area contributed by atoms with Crippen LogP contribution >= 0.6 is 24.0 Å². The summed E-state index contributed by atoms with van der Waals surface area (Å²) in [4.78, 5) is 7.14. The maximum absolute atomic E-state index is 6.14. The normalized spacial score (nSPS) is 19.8. The summed E-state index contributed by atoms with van der Waals surface area (Å²) in [5, 5.41) is 3.28. The molecule has 2 fully saturated rings. The van der Waals surface area contributed by atoms with Gasteiger partial charge < -0.3 is 20.5 Å². The zero-order chi connectivity index (χ0) is 19.0. The molecule has 1 heterocycles. The minimum atomic E-state index is 0. The molecule has 1 saturated heterocycles. The molecule has 158 valence electrons. The van der Waals surface area contributed by atoms with Gasteiger partial charge in [0.05, 0.1) is 26.9 Å². The zero-order valence-electron chi connectivity index (χ0n) is 17.0. The molecule has 1 saturated carbocycles. The van der Waals surface area contributed by atoms with Gasteiger partial charge in [0.2, 0.25) is 0 Å². The van der Waals surface area contributed by atoms with Gasteiger partial charge in [-0.05, 0) is 43.5 Å². The van der Waals surface area contributed by atoms with E-state index in [4.69, 9.17) is 20.2 Å². The molecule has 1 aromatic rings.